The average molecular weight is 281 g/mol. The number of nitrogens with zero attached hydrogens (tertiary/aromatic N) is 1. The molecule has 0 bridgehead atoms. The van der Waals surface area contributed by atoms with E-state index in [9.17, 15) is 9.90 Å². The smallest absolute Gasteiger partial charge is 0.306 e. The van der Waals surface area contributed by atoms with Crippen LogP contribution in [-0.4, -0.2) is 28.9 Å². The molecule has 1 fully saturated rings. The van der Waals surface area contributed by atoms with E-state index >= 15 is 0 Å². The van der Waals surface area contributed by atoms with E-state index in [-0.39, 0.29) is 11.4 Å². The number of ether oxygens (including phenoxy) is 1. The number of aliphatic hydroxyl groups excluding tert-OH is 1. The Morgan fingerprint density at radius 1 is 1.58 bits per heavy atom. The first-order valence-electron chi connectivity index (χ1n) is 6.38. The molecule has 0 amide bonds. The molecule has 1 N–H and O–H groups in total. The topological polar surface area (TPSA) is 59.4 Å². The Balaban J connectivity index is 1.87. The molecule has 1 aliphatic rings. The Labute approximate surface area is 117 Å². The summed E-state index contributed by atoms with van der Waals surface area (Å²) in [5, 5.41) is 10.3. The second-order valence-electron chi connectivity index (χ2n) is 5.15. The molecule has 1 saturated carbocycles. The lowest BCUT2D eigenvalue weighted by Crippen LogP contribution is -2.13. The Kier molecular flexibility index (Phi) is 4.47. The standard InChI is InChI=1S/C14H19NO3S/c1-10(16)11-3-4-12(15-8-11)19-9-14(5-6-14)7-13(17)18-2/h3-4,8,10,16H,5-7,9H2,1-2H3. The van der Waals surface area contributed by atoms with Gasteiger partial charge in [-0.25, -0.2) is 4.98 Å². The molecule has 0 radical (unpaired) electrons. The van der Waals surface area contributed by atoms with Gasteiger partial charge in [0.15, 0.2) is 0 Å². The van der Waals surface area contributed by atoms with Crippen molar-refractivity contribution in [2.75, 3.05) is 12.9 Å². The van der Waals surface area contributed by atoms with Gasteiger partial charge in [-0.15, -0.1) is 11.8 Å². The summed E-state index contributed by atoms with van der Waals surface area (Å²) in [4.78, 5) is 15.6. The highest BCUT2D eigenvalue weighted by atomic mass is 32.2. The summed E-state index contributed by atoms with van der Waals surface area (Å²) in [6.07, 6.45) is 3.89. The SMILES string of the molecule is COC(=O)CC1(CSc2ccc(C(C)O)cn2)CC1. The highest BCUT2D eigenvalue weighted by molar-refractivity contribution is 7.99. The number of methoxy groups -OCH3 is 1. The molecule has 1 unspecified atom stereocenters. The Morgan fingerprint density at radius 3 is 2.79 bits per heavy atom. The van der Waals surface area contributed by atoms with Gasteiger partial charge in [0.05, 0.1) is 24.7 Å². The number of rotatable bonds is 6. The van der Waals surface area contributed by atoms with Gasteiger partial charge in [0.2, 0.25) is 0 Å². The fraction of sp³-hybridized carbons (Fsp3) is 0.571. The van der Waals surface area contributed by atoms with E-state index in [0.717, 1.165) is 29.2 Å². The summed E-state index contributed by atoms with van der Waals surface area (Å²) < 4.78 is 4.73. The summed E-state index contributed by atoms with van der Waals surface area (Å²) in [6.45, 7) is 1.72. The molecule has 0 spiro atoms. The van der Waals surface area contributed by atoms with Crippen molar-refractivity contribution in [1.29, 1.82) is 0 Å². The fourth-order valence-corrected chi connectivity index (χ4v) is 3.01. The van der Waals surface area contributed by atoms with Crippen LogP contribution in [0, 0.1) is 5.41 Å². The van der Waals surface area contributed by atoms with E-state index < -0.39 is 6.10 Å². The first-order chi connectivity index (χ1) is 9.04. The maximum atomic E-state index is 11.3. The van der Waals surface area contributed by atoms with Gasteiger partial charge in [0, 0.05) is 11.9 Å². The van der Waals surface area contributed by atoms with Crippen molar-refractivity contribution in [2.24, 2.45) is 5.41 Å². The number of carbonyl (C=O) groups excluding carboxylic acids is 1. The number of hydrogen-bond donors (Lipinski definition) is 1. The monoisotopic (exact) mass is 281 g/mol. The van der Waals surface area contributed by atoms with Gasteiger partial charge in [0.25, 0.3) is 0 Å². The normalized spacial score (nSPS) is 17.8. The molecular weight excluding hydrogens is 262 g/mol. The fourth-order valence-electron chi connectivity index (χ4n) is 1.88. The lowest BCUT2D eigenvalue weighted by Gasteiger charge is -2.12. The second kappa shape index (κ2) is 5.92. The number of aliphatic hydroxyl groups is 1. The van der Waals surface area contributed by atoms with Crippen molar-refractivity contribution < 1.29 is 14.6 Å². The number of pyridine rings is 1. The third-order valence-electron chi connectivity index (χ3n) is 3.47. The molecule has 4 nitrogen and oxygen atoms in total. The number of carbonyl (C=O) groups is 1. The van der Waals surface area contributed by atoms with Crippen LogP contribution in [0.5, 0.6) is 0 Å². The zero-order chi connectivity index (χ0) is 13.9. The van der Waals surface area contributed by atoms with Crippen LogP contribution in [0.1, 0.15) is 37.9 Å². The van der Waals surface area contributed by atoms with Crippen molar-refractivity contribution in [3.63, 3.8) is 0 Å². The van der Waals surface area contributed by atoms with Crippen LogP contribution in [0.3, 0.4) is 0 Å². The largest absolute Gasteiger partial charge is 0.469 e. The van der Waals surface area contributed by atoms with E-state index in [1.165, 1.54) is 7.11 Å². The molecule has 19 heavy (non-hydrogen) atoms. The van der Waals surface area contributed by atoms with Gasteiger partial charge in [-0.3, -0.25) is 4.79 Å². The molecule has 0 saturated heterocycles. The van der Waals surface area contributed by atoms with E-state index in [4.69, 9.17) is 4.74 Å². The maximum absolute atomic E-state index is 11.3. The van der Waals surface area contributed by atoms with Crippen molar-refractivity contribution in [1.82, 2.24) is 4.98 Å². The minimum Gasteiger partial charge on any atom is -0.469 e. The van der Waals surface area contributed by atoms with Crippen LogP contribution in [0.25, 0.3) is 0 Å². The van der Waals surface area contributed by atoms with Crippen LogP contribution < -0.4 is 0 Å². The minimum atomic E-state index is -0.486. The van der Waals surface area contributed by atoms with Crippen LogP contribution >= 0.6 is 11.8 Å². The molecule has 1 atom stereocenters. The molecule has 5 heteroatoms. The molecule has 1 aliphatic carbocycles. The lowest BCUT2D eigenvalue weighted by atomic mass is 10.1. The predicted molar refractivity (Wildman–Crippen MR) is 73.9 cm³/mol. The molecule has 1 aromatic heterocycles. The number of esters is 1. The number of aromatic nitrogens is 1. The van der Waals surface area contributed by atoms with Crippen molar-refractivity contribution >= 4 is 17.7 Å². The van der Waals surface area contributed by atoms with Crippen LogP contribution in [0.2, 0.25) is 0 Å². The Hall–Kier alpha value is -1.07. The highest BCUT2D eigenvalue weighted by Crippen LogP contribution is 2.51. The van der Waals surface area contributed by atoms with Crippen molar-refractivity contribution in [3.8, 4) is 0 Å². The molecule has 2 rings (SSSR count). The van der Waals surface area contributed by atoms with Gasteiger partial charge in [0.1, 0.15) is 0 Å². The molecule has 1 aromatic rings. The van der Waals surface area contributed by atoms with E-state index in [2.05, 4.69) is 4.98 Å². The zero-order valence-electron chi connectivity index (χ0n) is 11.3. The van der Waals surface area contributed by atoms with Gasteiger partial charge in [-0.05, 0) is 36.8 Å². The van der Waals surface area contributed by atoms with Gasteiger partial charge in [-0.1, -0.05) is 6.07 Å². The lowest BCUT2D eigenvalue weighted by molar-refractivity contribution is -0.141. The van der Waals surface area contributed by atoms with E-state index in [1.807, 2.05) is 12.1 Å². The molecule has 0 aliphatic heterocycles. The molecule has 104 valence electrons. The van der Waals surface area contributed by atoms with Crippen LogP contribution in [0.4, 0.5) is 0 Å². The predicted octanol–water partition coefficient (Wildman–Crippen LogP) is 2.57. The highest BCUT2D eigenvalue weighted by Gasteiger charge is 2.44. The minimum absolute atomic E-state index is 0.113. The van der Waals surface area contributed by atoms with Gasteiger partial charge >= 0.3 is 5.97 Å². The van der Waals surface area contributed by atoms with Gasteiger partial charge < -0.3 is 9.84 Å². The third-order valence-corrected chi connectivity index (χ3v) is 4.77. The Bertz CT molecular complexity index is 441. The van der Waals surface area contributed by atoms with Crippen LogP contribution in [-0.2, 0) is 9.53 Å². The number of hydrogen-bond acceptors (Lipinski definition) is 5. The number of thioether (sulfide) groups is 1. The maximum Gasteiger partial charge on any atom is 0.306 e. The second-order valence-corrected chi connectivity index (χ2v) is 6.14. The first-order valence-corrected chi connectivity index (χ1v) is 7.37. The summed E-state index contributed by atoms with van der Waals surface area (Å²) in [5.41, 5.74) is 0.933. The quantitative estimate of drug-likeness (QED) is 0.641. The van der Waals surface area contributed by atoms with Crippen molar-refractivity contribution in [2.45, 2.75) is 37.3 Å². The third kappa shape index (κ3) is 3.94. The zero-order valence-corrected chi connectivity index (χ0v) is 12.1. The molecule has 0 aromatic carbocycles. The molecule has 1 heterocycles. The molecular formula is C14H19NO3S. The van der Waals surface area contributed by atoms with Gasteiger partial charge in [-0.2, -0.15) is 0 Å². The van der Waals surface area contributed by atoms with E-state index in [0.29, 0.717) is 6.42 Å². The average Bonchev–Trinajstić information content (AvgIpc) is 3.17. The summed E-state index contributed by atoms with van der Waals surface area (Å²) in [5.74, 6) is 0.763. The Morgan fingerprint density at radius 2 is 2.32 bits per heavy atom. The summed E-state index contributed by atoms with van der Waals surface area (Å²) >= 11 is 1.66. The van der Waals surface area contributed by atoms with Crippen molar-refractivity contribution in [3.05, 3.63) is 23.9 Å². The summed E-state index contributed by atoms with van der Waals surface area (Å²) in [6, 6.07) is 3.81. The first kappa shape index (κ1) is 14.3. The summed E-state index contributed by atoms with van der Waals surface area (Å²) in [7, 11) is 1.43. The van der Waals surface area contributed by atoms with E-state index in [1.54, 1.807) is 24.9 Å². The van der Waals surface area contributed by atoms with Crippen LogP contribution in [0.15, 0.2) is 23.4 Å².